The van der Waals surface area contributed by atoms with Crippen LogP contribution in [0.1, 0.15) is 38.6 Å². The average Bonchev–Trinajstić information content (AvgIpc) is 2.70. The molecule has 0 aliphatic carbocycles. The number of halogens is 1. The number of nitrogens with zero attached hydrogens (tertiary/aromatic N) is 2. The van der Waals surface area contributed by atoms with Gasteiger partial charge in [0.05, 0.1) is 16.4 Å². The van der Waals surface area contributed by atoms with Crippen molar-refractivity contribution in [3.8, 4) is 0 Å². The average molecular weight is 290 g/mol. The van der Waals surface area contributed by atoms with Crippen LogP contribution in [-0.2, 0) is 19.5 Å². The van der Waals surface area contributed by atoms with Gasteiger partial charge in [0, 0.05) is 24.9 Å². The van der Waals surface area contributed by atoms with E-state index >= 15 is 0 Å². The number of rotatable bonds is 8. The van der Waals surface area contributed by atoms with Gasteiger partial charge in [-0.25, -0.2) is 0 Å². The number of aromatic nitrogens is 2. The quantitative estimate of drug-likeness (QED) is 0.796. The summed E-state index contributed by atoms with van der Waals surface area (Å²) in [5, 5.41) is 8.95. The van der Waals surface area contributed by atoms with Gasteiger partial charge in [-0.1, -0.05) is 25.4 Å². The minimum Gasteiger partial charge on any atom is -0.308 e. The molecule has 0 spiro atoms. The number of aryl methyl sites for hydroxylation is 2. The van der Waals surface area contributed by atoms with Crippen molar-refractivity contribution in [2.75, 3.05) is 12.0 Å². The van der Waals surface area contributed by atoms with E-state index in [0.717, 1.165) is 48.1 Å². The van der Waals surface area contributed by atoms with Gasteiger partial charge in [0.2, 0.25) is 0 Å². The Labute approximate surface area is 120 Å². The van der Waals surface area contributed by atoms with E-state index in [-0.39, 0.29) is 0 Å². The zero-order valence-electron chi connectivity index (χ0n) is 11.8. The van der Waals surface area contributed by atoms with Crippen LogP contribution >= 0.6 is 23.4 Å². The Morgan fingerprint density at radius 3 is 2.61 bits per heavy atom. The van der Waals surface area contributed by atoms with Crippen molar-refractivity contribution in [3.63, 3.8) is 0 Å². The molecule has 3 nitrogen and oxygen atoms in total. The molecule has 1 aromatic heterocycles. The Kier molecular flexibility index (Phi) is 7.12. The highest BCUT2D eigenvalue weighted by molar-refractivity contribution is 7.98. The maximum absolute atomic E-state index is 6.38. The van der Waals surface area contributed by atoms with Gasteiger partial charge in [-0.05, 0) is 26.0 Å². The van der Waals surface area contributed by atoms with E-state index in [4.69, 9.17) is 11.6 Å². The molecule has 0 aromatic carbocycles. The van der Waals surface area contributed by atoms with E-state index in [1.807, 2.05) is 16.4 Å². The minimum atomic E-state index is 0.543. The molecule has 0 radical (unpaired) electrons. The van der Waals surface area contributed by atoms with Crippen molar-refractivity contribution < 1.29 is 0 Å². The van der Waals surface area contributed by atoms with Crippen LogP contribution in [0, 0.1) is 0 Å². The van der Waals surface area contributed by atoms with E-state index < -0.39 is 0 Å². The molecule has 1 atom stereocenters. The largest absolute Gasteiger partial charge is 0.308 e. The van der Waals surface area contributed by atoms with Crippen LogP contribution in [-0.4, -0.2) is 27.8 Å². The summed E-state index contributed by atoms with van der Waals surface area (Å²) in [5.74, 6) is 1.13. The van der Waals surface area contributed by atoms with Crippen LogP contribution in [0.2, 0.25) is 5.02 Å². The molecular weight excluding hydrogens is 266 g/mol. The first-order chi connectivity index (χ1) is 8.67. The zero-order chi connectivity index (χ0) is 13.5. The fourth-order valence-electron chi connectivity index (χ4n) is 1.95. The van der Waals surface area contributed by atoms with Gasteiger partial charge in [-0.15, -0.1) is 0 Å². The summed E-state index contributed by atoms with van der Waals surface area (Å²) in [6.07, 6.45) is 4.17. The molecule has 1 heterocycles. The third-order valence-corrected chi connectivity index (χ3v) is 4.28. The molecule has 1 unspecified atom stereocenters. The predicted octanol–water partition coefficient (Wildman–Crippen LogP) is 3.35. The molecule has 0 aliphatic rings. The smallest absolute Gasteiger partial charge is 0.0863 e. The molecular formula is C13H24ClN3S. The van der Waals surface area contributed by atoms with Crippen LogP contribution in [0.5, 0.6) is 0 Å². The van der Waals surface area contributed by atoms with Crippen molar-refractivity contribution in [3.05, 3.63) is 16.4 Å². The first-order valence-electron chi connectivity index (χ1n) is 6.64. The van der Waals surface area contributed by atoms with Crippen LogP contribution < -0.4 is 5.32 Å². The van der Waals surface area contributed by atoms with Gasteiger partial charge < -0.3 is 5.32 Å². The predicted molar refractivity (Wildman–Crippen MR) is 81.6 cm³/mol. The van der Waals surface area contributed by atoms with Crippen LogP contribution in [0.3, 0.4) is 0 Å². The highest BCUT2D eigenvalue weighted by atomic mass is 35.5. The molecule has 1 rings (SSSR count). The van der Waals surface area contributed by atoms with Crippen molar-refractivity contribution in [2.24, 2.45) is 0 Å². The first kappa shape index (κ1) is 15.9. The lowest BCUT2D eigenvalue weighted by Gasteiger charge is -2.16. The maximum Gasteiger partial charge on any atom is 0.0863 e. The Balaban J connectivity index is 2.73. The van der Waals surface area contributed by atoms with Crippen LogP contribution in [0.15, 0.2) is 0 Å². The number of hydrogen-bond acceptors (Lipinski definition) is 3. The Bertz CT molecular complexity index is 365. The molecule has 5 heteroatoms. The molecule has 18 heavy (non-hydrogen) atoms. The van der Waals surface area contributed by atoms with Crippen molar-refractivity contribution in [1.29, 1.82) is 0 Å². The summed E-state index contributed by atoms with van der Waals surface area (Å²) in [6, 6.07) is 0.543. The molecule has 104 valence electrons. The fourth-order valence-corrected chi connectivity index (χ4v) is 3.04. The van der Waals surface area contributed by atoms with E-state index in [9.17, 15) is 0 Å². The molecule has 0 saturated heterocycles. The SMILES string of the molecule is CCc1nn(CC)c(CNC(CC)CSC)c1Cl. The van der Waals surface area contributed by atoms with Crippen LogP contribution in [0.25, 0.3) is 0 Å². The Morgan fingerprint density at radius 1 is 1.39 bits per heavy atom. The molecule has 0 fully saturated rings. The summed E-state index contributed by atoms with van der Waals surface area (Å²) in [5.41, 5.74) is 2.13. The summed E-state index contributed by atoms with van der Waals surface area (Å²) >= 11 is 8.26. The number of nitrogens with one attached hydrogen (secondary N) is 1. The standard InChI is InChI=1S/C13H24ClN3S/c1-5-10(9-18-4)15-8-12-13(14)11(6-2)16-17(12)7-3/h10,15H,5-9H2,1-4H3. The molecule has 1 aromatic rings. The zero-order valence-corrected chi connectivity index (χ0v) is 13.4. The van der Waals surface area contributed by atoms with E-state index in [0.29, 0.717) is 6.04 Å². The van der Waals surface area contributed by atoms with Gasteiger partial charge in [-0.2, -0.15) is 16.9 Å². The van der Waals surface area contributed by atoms with Gasteiger partial charge in [0.1, 0.15) is 0 Å². The lowest BCUT2D eigenvalue weighted by molar-refractivity contribution is 0.511. The topological polar surface area (TPSA) is 29.9 Å². The molecule has 0 aliphatic heterocycles. The Hall–Kier alpha value is -0.190. The van der Waals surface area contributed by atoms with Gasteiger partial charge in [0.15, 0.2) is 0 Å². The minimum absolute atomic E-state index is 0.543. The number of hydrogen-bond donors (Lipinski definition) is 1. The maximum atomic E-state index is 6.38. The normalized spacial score (nSPS) is 12.9. The van der Waals surface area contributed by atoms with Gasteiger partial charge >= 0.3 is 0 Å². The van der Waals surface area contributed by atoms with Crippen molar-refractivity contribution >= 4 is 23.4 Å². The lowest BCUT2D eigenvalue weighted by atomic mass is 10.2. The summed E-state index contributed by atoms with van der Waals surface area (Å²) in [6.45, 7) is 8.08. The molecule has 0 saturated carbocycles. The summed E-state index contributed by atoms with van der Waals surface area (Å²) < 4.78 is 2.01. The third kappa shape index (κ3) is 3.90. The second-order valence-electron chi connectivity index (χ2n) is 4.32. The van der Waals surface area contributed by atoms with E-state index in [2.05, 4.69) is 37.4 Å². The van der Waals surface area contributed by atoms with Crippen molar-refractivity contribution in [2.45, 2.75) is 52.7 Å². The highest BCUT2D eigenvalue weighted by Crippen LogP contribution is 2.21. The highest BCUT2D eigenvalue weighted by Gasteiger charge is 2.15. The summed E-state index contributed by atoms with van der Waals surface area (Å²) in [4.78, 5) is 0. The van der Waals surface area contributed by atoms with Gasteiger partial charge in [0.25, 0.3) is 0 Å². The summed E-state index contributed by atoms with van der Waals surface area (Å²) in [7, 11) is 0. The van der Waals surface area contributed by atoms with E-state index in [1.165, 1.54) is 0 Å². The molecule has 0 amide bonds. The monoisotopic (exact) mass is 289 g/mol. The first-order valence-corrected chi connectivity index (χ1v) is 8.41. The van der Waals surface area contributed by atoms with Crippen molar-refractivity contribution in [1.82, 2.24) is 15.1 Å². The van der Waals surface area contributed by atoms with Crippen LogP contribution in [0.4, 0.5) is 0 Å². The Morgan fingerprint density at radius 2 is 2.11 bits per heavy atom. The third-order valence-electron chi connectivity index (χ3n) is 3.11. The number of thioether (sulfide) groups is 1. The second-order valence-corrected chi connectivity index (χ2v) is 5.61. The lowest BCUT2D eigenvalue weighted by Crippen LogP contribution is -2.31. The van der Waals surface area contributed by atoms with Gasteiger partial charge in [-0.3, -0.25) is 4.68 Å². The molecule has 0 bridgehead atoms. The molecule has 1 N–H and O–H groups in total. The fraction of sp³-hybridized carbons (Fsp3) is 0.769. The second kappa shape index (κ2) is 8.08. The van der Waals surface area contributed by atoms with E-state index in [1.54, 1.807) is 0 Å².